The summed E-state index contributed by atoms with van der Waals surface area (Å²) in [6.07, 6.45) is 0.0937. The Kier molecular flexibility index (Phi) is 8.48. The monoisotopic (exact) mass is 444 g/mol. The number of para-hydroxylation sites is 1. The summed E-state index contributed by atoms with van der Waals surface area (Å²) in [7, 11) is 0. The smallest absolute Gasteiger partial charge is 0.325 e. The lowest BCUT2D eigenvalue weighted by Gasteiger charge is -2.21. The largest absolute Gasteiger partial charge is 0.454 e. The normalized spacial score (nSPS) is 9.94. The van der Waals surface area contributed by atoms with Crippen LogP contribution in [-0.2, 0) is 14.3 Å². The van der Waals surface area contributed by atoms with Crippen LogP contribution in [0.25, 0.3) is 0 Å². The van der Waals surface area contributed by atoms with E-state index in [1.165, 1.54) is 11.0 Å². The van der Waals surface area contributed by atoms with Gasteiger partial charge in [0.25, 0.3) is 17.5 Å². The number of anilines is 1. The third-order valence-corrected chi connectivity index (χ3v) is 4.14. The van der Waals surface area contributed by atoms with E-state index in [9.17, 15) is 24.5 Å². The number of nitriles is 1. The molecule has 31 heavy (non-hydrogen) atoms. The standard InChI is InChI=1S/C20H17ClN4O6/c21-15-9-14(10-17(11-15)25(29)30)20(28)23-12-19(27)31-13-18(26)24(8-4-7-22)16-5-2-1-3-6-16/h1-3,5-6,9-11H,4,8,12-13H2,(H,23,28). The van der Waals surface area contributed by atoms with E-state index in [-0.39, 0.29) is 29.2 Å². The van der Waals surface area contributed by atoms with Gasteiger partial charge in [-0.05, 0) is 18.2 Å². The molecule has 2 aromatic carbocycles. The van der Waals surface area contributed by atoms with Gasteiger partial charge in [0.1, 0.15) is 6.54 Å². The SMILES string of the molecule is N#CCCN(C(=O)COC(=O)CNC(=O)c1cc(Cl)cc([N+](=O)[O-])c1)c1ccccc1. The van der Waals surface area contributed by atoms with Crippen LogP contribution < -0.4 is 10.2 Å². The van der Waals surface area contributed by atoms with Gasteiger partial charge in [0.05, 0.1) is 17.4 Å². The van der Waals surface area contributed by atoms with Gasteiger partial charge in [-0.2, -0.15) is 5.26 Å². The molecule has 0 unspecified atom stereocenters. The zero-order chi connectivity index (χ0) is 22.8. The van der Waals surface area contributed by atoms with Crippen LogP contribution in [0, 0.1) is 21.4 Å². The second kappa shape index (κ2) is 11.3. The number of esters is 1. The minimum Gasteiger partial charge on any atom is -0.454 e. The molecule has 0 fully saturated rings. The molecule has 0 radical (unpaired) electrons. The number of benzene rings is 2. The topological polar surface area (TPSA) is 143 Å². The van der Waals surface area contributed by atoms with Crippen LogP contribution in [0.3, 0.4) is 0 Å². The van der Waals surface area contributed by atoms with Gasteiger partial charge in [-0.1, -0.05) is 29.8 Å². The van der Waals surface area contributed by atoms with E-state index in [0.717, 1.165) is 12.1 Å². The van der Waals surface area contributed by atoms with Gasteiger partial charge >= 0.3 is 5.97 Å². The molecule has 11 heteroatoms. The van der Waals surface area contributed by atoms with Gasteiger partial charge in [-0.25, -0.2) is 0 Å². The lowest BCUT2D eigenvalue weighted by Crippen LogP contribution is -2.37. The minimum atomic E-state index is -0.883. The molecule has 0 saturated carbocycles. The van der Waals surface area contributed by atoms with Crippen LogP contribution in [0.15, 0.2) is 48.5 Å². The fourth-order valence-electron chi connectivity index (χ4n) is 2.50. The number of nitro groups is 1. The highest BCUT2D eigenvalue weighted by Crippen LogP contribution is 2.20. The number of ether oxygens (including phenoxy) is 1. The van der Waals surface area contributed by atoms with Crippen LogP contribution >= 0.6 is 11.6 Å². The van der Waals surface area contributed by atoms with E-state index in [2.05, 4.69) is 5.32 Å². The van der Waals surface area contributed by atoms with Crippen molar-refractivity contribution in [3.63, 3.8) is 0 Å². The zero-order valence-electron chi connectivity index (χ0n) is 16.1. The molecule has 2 amide bonds. The first-order chi connectivity index (χ1) is 14.8. The van der Waals surface area contributed by atoms with Gasteiger partial charge in [0.2, 0.25) is 0 Å². The van der Waals surface area contributed by atoms with Crippen molar-refractivity contribution in [1.82, 2.24) is 5.32 Å². The number of hydrogen-bond acceptors (Lipinski definition) is 7. The molecule has 0 aliphatic carbocycles. The Morgan fingerprint density at radius 2 is 1.90 bits per heavy atom. The predicted molar refractivity (Wildman–Crippen MR) is 110 cm³/mol. The van der Waals surface area contributed by atoms with Crippen molar-refractivity contribution in [3.8, 4) is 6.07 Å². The van der Waals surface area contributed by atoms with E-state index in [1.54, 1.807) is 30.3 Å². The molecule has 0 bridgehead atoms. The highest BCUT2D eigenvalue weighted by atomic mass is 35.5. The molecule has 160 valence electrons. The van der Waals surface area contributed by atoms with Crippen molar-refractivity contribution in [2.24, 2.45) is 0 Å². The van der Waals surface area contributed by atoms with E-state index < -0.39 is 35.9 Å². The molecule has 0 atom stereocenters. The number of hydrogen-bond donors (Lipinski definition) is 1. The molecule has 0 saturated heterocycles. The fraction of sp³-hybridized carbons (Fsp3) is 0.200. The van der Waals surface area contributed by atoms with Gasteiger partial charge in [0, 0.05) is 35.0 Å². The summed E-state index contributed by atoms with van der Waals surface area (Å²) >= 11 is 5.76. The number of rotatable bonds is 9. The van der Waals surface area contributed by atoms with Crippen LogP contribution in [0.1, 0.15) is 16.8 Å². The summed E-state index contributed by atoms with van der Waals surface area (Å²) in [6, 6.07) is 13.9. The summed E-state index contributed by atoms with van der Waals surface area (Å²) in [6.45, 7) is -1.02. The molecule has 2 aromatic rings. The number of carbonyl (C=O) groups excluding carboxylic acids is 3. The van der Waals surface area contributed by atoms with Gasteiger partial charge in [-0.3, -0.25) is 24.5 Å². The maximum Gasteiger partial charge on any atom is 0.325 e. The maximum atomic E-state index is 12.4. The van der Waals surface area contributed by atoms with Crippen LogP contribution in [0.2, 0.25) is 5.02 Å². The van der Waals surface area contributed by atoms with Crippen LogP contribution in [-0.4, -0.2) is 42.4 Å². The van der Waals surface area contributed by atoms with Crippen molar-refractivity contribution in [2.75, 3.05) is 24.6 Å². The zero-order valence-corrected chi connectivity index (χ0v) is 16.9. The average Bonchev–Trinajstić information content (AvgIpc) is 2.76. The number of nitro benzene ring substituents is 1. The number of halogens is 1. The molecule has 0 aromatic heterocycles. The quantitative estimate of drug-likeness (QED) is 0.355. The second-order valence-corrected chi connectivity index (χ2v) is 6.52. The number of nitrogens with one attached hydrogen (secondary N) is 1. The number of amides is 2. The Morgan fingerprint density at radius 3 is 2.55 bits per heavy atom. The molecule has 2 rings (SSSR count). The van der Waals surface area contributed by atoms with E-state index >= 15 is 0 Å². The molecule has 0 aliphatic heterocycles. The lowest BCUT2D eigenvalue weighted by molar-refractivity contribution is -0.384. The van der Waals surface area contributed by atoms with Crippen molar-refractivity contribution in [1.29, 1.82) is 5.26 Å². The van der Waals surface area contributed by atoms with Crippen molar-refractivity contribution >= 4 is 40.8 Å². The lowest BCUT2D eigenvalue weighted by atomic mass is 10.2. The van der Waals surface area contributed by atoms with Crippen molar-refractivity contribution < 1.29 is 24.0 Å². The van der Waals surface area contributed by atoms with E-state index in [4.69, 9.17) is 21.6 Å². The third-order valence-electron chi connectivity index (χ3n) is 3.92. The first-order valence-corrected chi connectivity index (χ1v) is 9.30. The molecule has 0 spiro atoms. The van der Waals surface area contributed by atoms with Crippen LogP contribution in [0.5, 0.6) is 0 Å². The Bertz CT molecular complexity index is 1020. The van der Waals surface area contributed by atoms with E-state index in [0.29, 0.717) is 5.69 Å². The molecule has 1 N–H and O–H groups in total. The van der Waals surface area contributed by atoms with Crippen molar-refractivity contribution in [2.45, 2.75) is 6.42 Å². The maximum absolute atomic E-state index is 12.4. The van der Waals surface area contributed by atoms with Gasteiger partial charge in [0.15, 0.2) is 6.61 Å². The summed E-state index contributed by atoms with van der Waals surface area (Å²) in [4.78, 5) is 47.9. The predicted octanol–water partition coefficient (Wildman–Crippen LogP) is 2.47. The van der Waals surface area contributed by atoms with Crippen molar-refractivity contribution in [3.05, 3.63) is 69.2 Å². The molecule has 10 nitrogen and oxygen atoms in total. The summed E-state index contributed by atoms with van der Waals surface area (Å²) in [5, 5.41) is 21.9. The second-order valence-electron chi connectivity index (χ2n) is 6.09. The van der Waals surface area contributed by atoms with Gasteiger partial charge in [-0.15, -0.1) is 0 Å². The molecular weight excluding hydrogens is 428 g/mol. The highest BCUT2D eigenvalue weighted by molar-refractivity contribution is 6.31. The molecule has 0 aliphatic rings. The number of carbonyl (C=O) groups is 3. The van der Waals surface area contributed by atoms with Crippen LogP contribution in [0.4, 0.5) is 11.4 Å². The summed E-state index contributed by atoms with van der Waals surface area (Å²) in [5.41, 5.74) is 0.0775. The Hall–Kier alpha value is -3.97. The minimum absolute atomic E-state index is 0.00843. The molecule has 0 heterocycles. The number of non-ortho nitro benzene ring substituents is 1. The Balaban J connectivity index is 1.91. The first-order valence-electron chi connectivity index (χ1n) is 8.93. The Labute approximate surface area is 182 Å². The highest BCUT2D eigenvalue weighted by Gasteiger charge is 2.18. The molecular formula is C20H17ClN4O6. The number of nitrogens with zero attached hydrogens (tertiary/aromatic N) is 3. The summed E-state index contributed by atoms with van der Waals surface area (Å²) < 4.78 is 4.90. The van der Waals surface area contributed by atoms with Gasteiger partial charge < -0.3 is 15.0 Å². The summed E-state index contributed by atoms with van der Waals surface area (Å²) in [5.74, 6) is -2.19. The van der Waals surface area contributed by atoms with E-state index in [1.807, 2.05) is 6.07 Å². The Morgan fingerprint density at radius 1 is 1.19 bits per heavy atom. The first kappa shape index (κ1) is 23.3. The third kappa shape index (κ3) is 7.09. The fourth-order valence-corrected chi connectivity index (χ4v) is 2.73. The average molecular weight is 445 g/mol.